The number of nitrogens with zero attached hydrogens (tertiary/aromatic N) is 4. The van der Waals surface area contributed by atoms with Crippen LogP contribution in [0.1, 0.15) is 12.6 Å². The van der Waals surface area contributed by atoms with Crippen LogP contribution in [0.2, 0.25) is 10.2 Å². The van der Waals surface area contributed by atoms with E-state index < -0.39 is 0 Å². The molecule has 180 valence electrons. The molecule has 7 nitrogen and oxygen atoms in total. The van der Waals surface area contributed by atoms with Crippen LogP contribution < -0.4 is 10.1 Å². The second-order valence-corrected chi connectivity index (χ2v) is 9.04. The van der Waals surface area contributed by atoms with Crippen molar-refractivity contribution in [2.75, 3.05) is 5.32 Å². The van der Waals surface area contributed by atoms with Crippen molar-refractivity contribution in [2.45, 2.75) is 13.3 Å². The van der Waals surface area contributed by atoms with Gasteiger partial charge < -0.3 is 14.6 Å². The molecule has 0 fully saturated rings. The summed E-state index contributed by atoms with van der Waals surface area (Å²) in [4.78, 5) is 24.5. The molecule has 0 saturated heterocycles. The summed E-state index contributed by atoms with van der Waals surface area (Å²) < 4.78 is 7.97. The van der Waals surface area contributed by atoms with Gasteiger partial charge in [0.2, 0.25) is 5.95 Å². The Kier molecular flexibility index (Phi) is 6.59. The molecular weight excluding hydrogens is 497 g/mol. The van der Waals surface area contributed by atoms with Crippen molar-refractivity contribution in [2.24, 2.45) is 7.05 Å². The lowest BCUT2D eigenvalue weighted by Gasteiger charge is -2.11. The number of ketones is 1. The van der Waals surface area contributed by atoms with Gasteiger partial charge in [-0.3, -0.25) is 9.78 Å². The van der Waals surface area contributed by atoms with Gasteiger partial charge in [-0.1, -0.05) is 23.2 Å². The fourth-order valence-corrected chi connectivity index (χ4v) is 4.33. The van der Waals surface area contributed by atoms with Crippen molar-refractivity contribution < 1.29 is 9.53 Å². The summed E-state index contributed by atoms with van der Waals surface area (Å²) in [5.74, 6) is 1.94. The summed E-state index contributed by atoms with van der Waals surface area (Å²) >= 11 is 12.7. The van der Waals surface area contributed by atoms with E-state index in [1.165, 1.54) is 6.92 Å². The molecule has 0 atom stereocenters. The molecule has 0 aliphatic heterocycles. The van der Waals surface area contributed by atoms with Gasteiger partial charge >= 0.3 is 0 Å². The van der Waals surface area contributed by atoms with E-state index in [0.29, 0.717) is 33.3 Å². The van der Waals surface area contributed by atoms with Gasteiger partial charge in [0.25, 0.3) is 0 Å². The number of aryl methyl sites for hydroxylation is 1. The molecule has 0 aliphatic carbocycles. The summed E-state index contributed by atoms with van der Waals surface area (Å²) in [5.41, 5.74) is 4.69. The Hall–Kier alpha value is -3.94. The number of hydrogen-bond donors (Lipinski definition) is 1. The predicted molar refractivity (Wildman–Crippen MR) is 142 cm³/mol. The van der Waals surface area contributed by atoms with Gasteiger partial charge in [0.15, 0.2) is 0 Å². The molecule has 0 saturated carbocycles. The fourth-order valence-electron chi connectivity index (χ4n) is 3.89. The summed E-state index contributed by atoms with van der Waals surface area (Å²) in [6, 6.07) is 18.5. The fraction of sp³-hybridized carbons (Fsp3) is 0.111. The topological polar surface area (TPSA) is 81.9 Å². The first-order valence-electron chi connectivity index (χ1n) is 11.1. The van der Waals surface area contributed by atoms with E-state index >= 15 is 0 Å². The highest BCUT2D eigenvalue weighted by Gasteiger charge is 2.13. The lowest BCUT2D eigenvalue weighted by Crippen LogP contribution is -1.99. The number of benzene rings is 2. The number of hydrogen-bond acceptors (Lipinski definition) is 6. The molecule has 0 amide bonds. The number of anilines is 2. The third-order valence-corrected chi connectivity index (χ3v) is 6.21. The lowest BCUT2D eigenvalue weighted by molar-refractivity contribution is -0.116. The zero-order valence-electron chi connectivity index (χ0n) is 19.5. The molecule has 0 unspecified atom stereocenters. The maximum absolute atomic E-state index is 11.4. The average Bonchev–Trinajstić information content (AvgIpc) is 3.15. The van der Waals surface area contributed by atoms with Gasteiger partial charge in [-0.05, 0) is 55.5 Å². The maximum atomic E-state index is 11.4. The Morgan fingerprint density at radius 3 is 2.61 bits per heavy atom. The van der Waals surface area contributed by atoms with Crippen molar-refractivity contribution in [1.82, 2.24) is 19.5 Å². The zero-order chi connectivity index (χ0) is 25.2. The van der Waals surface area contributed by atoms with E-state index in [1.807, 2.05) is 60.1 Å². The normalized spacial score (nSPS) is 11.0. The van der Waals surface area contributed by atoms with Crippen molar-refractivity contribution >= 4 is 51.7 Å². The van der Waals surface area contributed by atoms with Gasteiger partial charge in [0, 0.05) is 59.8 Å². The minimum atomic E-state index is 0.0472. The summed E-state index contributed by atoms with van der Waals surface area (Å²) in [5, 5.41) is 4.32. The van der Waals surface area contributed by atoms with Crippen molar-refractivity contribution in [3.8, 4) is 22.6 Å². The van der Waals surface area contributed by atoms with Crippen LogP contribution >= 0.6 is 23.2 Å². The highest BCUT2D eigenvalue weighted by atomic mass is 35.5. The quantitative estimate of drug-likeness (QED) is 0.234. The van der Waals surface area contributed by atoms with Crippen LogP contribution in [-0.4, -0.2) is 25.3 Å². The van der Waals surface area contributed by atoms with Crippen LogP contribution in [0.4, 0.5) is 11.6 Å². The van der Waals surface area contributed by atoms with Gasteiger partial charge in [-0.25, -0.2) is 9.97 Å². The summed E-state index contributed by atoms with van der Waals surface area (Å²) in [6.07, 6.45) is 3.54. The first-order valence-corrected chi connectivity index (χ1v) is 11.9. The van der Waals surface area contributed by atoms with E-state index in [2.05, 4.69) is 15.3 Å². The molecule has 5 rings (SSSR count). The molecule has 0 aliphatic rings. The third-order valence-electron chi connectivity index (χ3n) is 5.58. The highest BCUT2D eigenvalue weighted by molar-refractivity contribution is 6.36. The van der Waals surface area contributed by atoms with Crippen LogP contribution in [0.3, 0.4) is 0 Å². The lowest BCUT2D eigenvalue weighted by atomic mass is 10.1. The predicted octanol–water partition coefficient (Wildman–Crippen LogP) is 7.00. The van der Waals surface area contributed by atoms with E-state index in [-0.39, 0.29) is 12.2 Å². The monoisotopic (exact) mass is 517 g/mol. The second kappa shape index (κ2) is 9.97. The second-order valence-electron chi connectivity index (χ2n) is 8.27. The molecule has 0 radical (unpaired) electrons. The van der Waals surface area contributed by atoms with E-state index in [4.69, 9.17) is 32.9 Å². The number of ether oxygens (including phenoxy) is 1. The number of Topliss-reactive ketones (excluding diaryl/α,β-unsaturated/α-hetero) is 1. The van der Waals surface area contributed by atoms with Crippen molar-refractivity contribution in [3.05, 3.63) is 88.9 Å². The molecule has 5 aromatic rings. The Morgan fingerprint density at radius 1 is 0.972 bits per heavy atom. The van der Waals surface area contributed by atoms with Gasteiger partial charge in [0.05, 0.1) is 16.7 Å². The Labute approximate surface area is 217 Å². The number of aromatic nitrogens is 4. The number of halogens is 2. The Morgan fingerprint density at radius 2 is 1.81 bits per heavy atom. The number of carbonyl (C=O) groups is 1. The molecular formula is C27H21Cl2N5O2. The Balaban J connectivity index is 1.41. The standard InChI is InChI=1S/C27H21Cl2N5O2/c1-16(35)12-18-13-20(9-11-30-18)36-19-6-8-25-24(15-19)33-27(34(25)2)32-17-5-7-23(28)22(14-17)21-4-3-10-31-26(21)29/h3-11,13-15H,12H2,1-2H3,(H,32,33). The van der Waals surface area contributed by atoms with Gasteiger partial charge in [-0.2, -0.15) is 0 Å². The van der Waals surface area contributed by atoms with E-state index in [9.17, 15) is 4.79 Å². The molecule has 1 N–H and O–H groups in total. The number of fused-ring (bicyclic) bond motifs is 1. The first-order chi connectivity index (χ1) is 17.4. The largest absolute Gasteiger partial charge is 0.457 e. The Bertz CT molecular complexity index is 1600. The van der Waals surface area contributed by atoms with Gasteiger partial charge in [-0.15, -0.1) is 0 Å². The van der Waals surface area contributed by atoms with Crippen molar-refractivity contribution in [1.29, 1.82) is 0 Å². The summed E-state index contributed by atoms with van der Waals surface area (Å²) in [6.45, 7) is 1.54. The number of rotatable bonds is 7. The molecule has 9 heteroatoms. The molecule has 0 bridgehead atoms. The number of pyridine rings is 2. The molecule has 2 aromatic carbocycles. The molecule has 0 spiro atoms. The minimum Gasteiger partial charge on any atom is -0.457 e. The van der Waals surface area contributed by atoms with Crippen LogP contribution in [-0.2, 0) is 18.3 Å². The smallest absolute Gasteiger partial charge is 0.208 e. The summed E-state index contributed by atoms with van der Waals surface area (Å²) in [7, 11) is 1.93. The van der Waals surface area contributed by atoms with Gasteiger partial charge in [0.1, 0.15) is 22.4 Å². The highest BCUT2D eigenvalue weighted by Crippen LogP contribution is 2.35. The first kappa shape index (κ1) is 23.8. The zero-order valence-corrected chi connectivity index (χ0v) is 21.0. The van der Waals surface area contributed by atoms with Crippen LogP contribution in [0, 0.1) is 0 Å². The molecule has 3 aromatic heterocycles. The average molecular weight is 518 g/mol. The third kappa shape index (κ3) is 5.03. The maximum Gasteiger partial charge on any atom is 0.208 e. The van der Waals surface area contributed by atoms with E-state index in [1.54, 1.807) is 24.5 Å². The van der Waals surface area contributed by atoms with Crippen LogP contribution in [0.5, 0.6) is 11.5 Å². The van der Waals surface area contributed by atoms with Crippen LogP contribution in [0.25, 0.3) is 22.2 Å². The van der Waals surface area contributed by atoms with E-state index in [0.717, 1.165) is 27.8 Å². The number of carbonyl (C=O) groups excluding carboxylic acids is 1. The van der Waals surface area contributed by atoms with Crippen LogP contribution in [0.15, 0.2) is 73.1 Å². The molecule has 36 heavy (non-hydrogen) atoms. The minimum absolute atomic E-state index is 0.0472. The molecule has 3 heterocycles. The SMILES string of the molecule is CC(=O)Cc1cc(Oc2ccc3c(c2)nc(Nc2ccc(Cl)c(-c4cccnc4Cl)c2)n3C)ccn1. The van der Waals surface area contributed by atoms with Crippen molar-refractivity contribution in [3.63, 3.8) is 0 Å². The number of nitrogens with one attached hydrogen (secondary N) is 1. The number of imidazole rings is 1.